The van der Waals surface area contributed by atoms with Gasteiger partial charge in [-0.05, 0) is 30.2 Å². The standard InChI is InChI=1S/C18H21FN6O/c19-15-8-12(2-3-16(15)20)14-9-13(10-24-4-1-6-26-7-5-24)25-17(14)18(21)22-11-23-25/h2-3,8-9,11H,1,4-7,10,20H2,(H2,21,22,23). The van der Waals surface area contributed by atoms with Gasteiger partial charge < -0.3 is 16.2 Å². The topological polar surface area (TPSA) is 94.7 Å². The van der Waals surface area contributed by atoms with Crippen molar-refractivity contribution in [2.75, 3.05) is 37.8 Å². The van der Waals surface area contributed by atoms with Crippen LogP contribution in [0.25, 0.3) is 16.6 Å². The lowest BCUT2D eigenvalue weighted by Gasteiger charge is -2.18. The minimum atomic E-state index is -0.455. The Morgan fingerprint density at radius 3 is 2.88 bits per heavy atom. The molecule has 0 spiro atoms. The van der Waals surface area contributed by atoms with Gasteiger partial charge in [-0.3, -0.25) is 4.90 Å². The molecule has 7 nitrogen and oxygen atoms in total. The smallest absolute Gasteiger partial charge is 0.151 e. The second-order valence-corrected chi connectivity index (χ2v) is 6.43. The van der Waals surface area contributed by atoms with Crippen molar-refractivity contribution in [2.45, 2.75) is 13.0 Å². The molecule has 1 fully saturated rings. The van der Waals surface area contributed by atoms with E-state index in [0.29, 0.717) is 23.4 Å². The predicted octanol–water partition coefficient (Wildman–Crippen LogP) is 1.92. The second-order valence-electron chi connectivity index (χ2n) is 6.43. The van der Waals surface area contributed by atoms with Crippen LogP contribution in [0.1, 0.15) is 12.1 Å². The molecule has 0 aliphatic carbocycles. The first-order valence-corrected chi connectivity index (χ1v) is 8.60. The van der Waals surface area contributed by atoms with Crippen molar-refractivity contribution in [1.82, 2.24) is 19.5 Å². The number of nitrogens with zero attached hydrogens (tertiary/aromatic N) is 4. The highest BCUT2D eigenvalue weighted by Gasteiger charge is 2.18. The quantitative estimate of drug-likeness (QED) is 0.696. The fourth-order valence-corrected chi connectivity index (χ4v) is 3.35. The number of anilines is 2. The zero-order valence-corrected chi connectivity index (χ0v) is 14.4. The molecule has 1 saturated heterocycles. The molecule has 4 rings (SSSR count). The van der Waals surface area contributed by atoms with Gasteiger partial charge in [0.05, 0.1) is 18.0 Å². The molecule has 136 valence electrons. The third-order valence-electron chi connectivity index (χ3n) is 4.67. The van der Waals surface area contributed by atoms with Gasteiger partial charge in [0.25, 0.3) is 0 Å². The molecule has 0 bridgehead atoms. The van der Waals surface area contributed by atoms with Gasteiger partial charge in [-0.1, -0.05) is 6.07 Å². The maximum atomic E-state index is 14.0. The number of fused-ring (bicyclic) bond motifs is 1. The molecule has 0 unspecified atom stereocenters. The molecule has 0 amide bonds. The van der Waals surface area contributed by atoms with E-state index >= 15 is 0 Å². The van der Waals surface area contributed by atoms with Crippen LogP contribution in [-0.2, 0) is 11.3 Å². The molecule has 26 heavy (non-hydrogen) atoms. The summed E-state index contributed by atoms with van der Waals surface area (Å²) in [6, 6.07) is 6.75. The molecule has 2 aromatic heterocycles. The lowest BCUT2D eigenvalue weighted by atomic mass is 10.1. The summed E-state index contributed by atoms with van der Waals surface area (Å²) in [6.07, 6.45) is 2.43. The average Bonchev–Trinajstić information content (AvgIpc) is 2.81. The molecule has 3 heterocycles. The largest absolute Gasteiger partial charge is 0.396 e. The summed E-state index contributed by atoms with van der Waals surface area (Å²) in [5, 5.41) is 4.37. The maximum absolute atomic E-state index is 14.0. The Kier molecular flexibility index (Phi) is 4.44. The lowest BCUT2D eigenvalue weighted by Crippen LogP contribution is -2.26. The van der Waals surface area contributed by atoms with E-state index in [9.17, 15) is 4.39 Å². The summed E-state index contributed by atoms with van der Waals surface area (Å²) < 4.78 is 21.3. The summed E-state index contributed by atoms with van der Waals surface area (Å²) >= 11 is 0. The van der Waals surface area contributed by atoms with Gasteiger partial charge in [-0.2, -0.15) is 5.10 Å². The van der Waals surface area contributed by atoms with E-state index in [1.165, 1.54) is 12.4 Å². The van der Waals surface area contributed by atoms with E-state index in [-0.39, 0.29) is 5.69 Å². The van der Waals surface area contributed by atoms with E-state index in [4.69, 9.17) is 16.2 Å². The van der Waals surface area contributed by atoms with Crippen LogP contribution >= 0.6 is 0 Å². The number of ether oxygens (including phenoxy) is 1. The number of nitrogen functional groups attached to an aromatic ring is 2. The summed E-state index contributed by atoms with van der Waals surface area (Å²) in [5.74, 6) is -0.0961. The molecule has 0 atom stereocenters. The maximum Gasteiger partial charge on any atom is 0.151 e. The highest BCUT2D eigenvalue weighted by atomic mass is 19.1. The molecule has 8 heteroatoms. The molecular weight excluding hydrogens is 335 g/mol. The van der Waals surface area contributed by atoms with Gasteiger partial charge in [-0.25, -0.2) is 13.9 Å². The Morgan fingerprint density at radius 2 is 2.04 bits per heavy atom. The first-order chi connectivity index (χ1) is 12.6. The number of benzene rings is 1. The third-order valence-corrected chi connectivity index (χ3v) is 4.67. The van der Waals surface area contributed by atoms with Crippen LogP contribution in [0.4, 0.5) is 15.9 Å². The predicted molar refractivity (Wildman–Crippen MR) is 97.9 cm³/mol. The minimum absolute atomic E-state index is 0.117. The lowest BCUT2D eigenvalue weighted by molar-refractivity contribution is 0.140. The number of aromatic nitrogens is 3. The number of hydrogen-bond acceptors (Lipinski definition) is 6. The van der Waals surface area contributed by atoms with Gasteiger partial charge >= 0.3 is 0 Å². The summed E-state index contributed by atoms with van der Waals surface area (Å²) in [6.45, 7) is 4.03. The molecule has 0 saturated carbocycles. The van der Waals surface area contributed by atoms with Crippen molar-refractivity contribution in [3.05, 3.63) is 42.1 Å². The molecule has 1 aliphatic rings. The van der Waals surface area contributed by atoms with Crippen LogP contribution in [0.15, 0.2) is 30.6 Å². The van der Waals surface area contributed by atoms with Crippen LogP contribution in [-0.4, -0.2) is 45.8 Å². The van der Waals surface area contributed by atoms with Crippen molar-refractivity contribution in [2.24, 2.45) is 0 Å². The van der Waals surface area contributed by atoms with Crippen LogP contribution in [0.3, 0.4) is 0 Å². The monoisotopic (exact) mass is 356 g/mol. The Labute approximate surface area is 150 Å². The fourth-order valence-electron chi connectivity index (χ4n) is 3.35. The van der Waals surface area contributed by atoms with E-state index in [1.54, 1.807) is 16.6 Å². The molecule has 1 aliphatic heterocycles. The Morgan fingerprint density at radius 1 is 1.15 bits per heavy atom. The molecule has 0 radical (unpaired) electrons. The third kappa shape index (κ3) is 3.09. The van der Waals surface area contributed by atoms with E-state index in [0.717, 1.165) is 44.0 Å². The number of nitrogens with two attached hydrogens (primary N) is 2. The second kappa shape index (κ2) is 6.89. The number of halogens is 1. The van der Waals surface area contributed by atoms with Gasteiger partial charge in [0.1, 0.15) is 17.7 Å². The summed E-state index contributed by atoms with van der Waals surface area (Å²) in [5.41, 5.74) is 15.0. The van der Waals surface area contributed by atoms with Crippen molar-refractivity contribution in [3.63, 3.8) is 0 Å². The zero-order valence-electron chi connectivity index (χ0n) is 14.4. The summed E-state index contributed by atoms with van der Waals surface area (Å²) in [7, 11) is 0. The van der Waals surface area contributed by atoms with Crippen LogP contribution in [0.2, 0.25) is 0 Å². The van der Waals surface area contributed by atoms with Crippen molar-refractivity contribution >= 4 is 17.0 Å². The Bertz CT molecular complexity index is 933. The van der Waals surface area contributed by atoms with Crippen molar-refractivity contribution in [1.29, 1.82) is 0 Å². The molecule has 1 aromatic carbocycles. The number of hydrogen-bond donors (Lipinski definition) is 2. The van der Waals surface area contributed by atoms with Gasteiger partial charge in [0.2, 0.25) is 0 Å². The first-order valence-electron chi connectivity index (χ1n) is 8.60. The highest BCUT2D eigenvalue weighted by Crippen LogP contribution is 2.32. The van der Waals surface area contributed by atoms with Crippen molar-refractivity contribution < 1.29 is 9.13 Å². The average molecular weight is 356 g/mol. The SMILES string of the molecule is Nc1ccc(-c2cc(CN3CCCOCC3)n3ncnc(N)c23)cc1F. The van der Waals surface area contributed by atoms with Gasteiger partial charge in [0.15, 0.2) is 5.82 Å². The molecular formula is C18H21FN6O. The van der Waals surface area contributed by atoms with Gasteiger partial charge in [0, 0.05) is 31.8 Å². The van der Waals surface area contributed by atoms with Crippen LogP contribution in [0.5, 0.6) is 0 Å². The van der Waals surface area contributed by atoms with Crippen LogP contribution < -0.4 is 11.5 Å². The highest BCUT2D eigenvalue weighted by molar-refractivity contribution is 5.88. The first kappa shape index (κ1) is 16.7. The minimum Gasteiger partial charge on any atom is -0.396 e. The van der Waals surface area contributed by atoms with E-state index in [2.05, 4.69) is 15.0 Å². The molecule has 4 N–H and O–H groups in total. The van der Waals surface area contributed by atoms with Gasteiger partial charge in [-0.15, -0.1) is 0 Å². The molecule has 3 aromatic rings. The van der Waals surface area contributed by atoms with E-state index in [1.807, 2.05) is 6.07 Å². The number of rotatable bonds is 3. The normalized spacial score (nSPS) is 16.0. The van der Waals surface area contributed by atoms with Crippen LogP contribution in [0, 0.1) is 5.82 Å². The Balaban J connectivity index is 1.79. The van der Waals surface area contributed by atoms with Crippen molar-refractivity contribution in [3.8, 4) is 11.1 Å². The zero-order chi connectivity index (χ0) is 18.1. The fraction of sp³-hybridized carbons (Fsp3) is 0.333. The Hall–Kier alpha value is -2.71. The summed E-state index contributed by atoms with van der Waals surface area (Å²) in [4.78, 5) is 6.42. The van der Waals surface area contributed by atoms with E-state index < -0.39 is 5.82 Å².